The van der Waals surface area contributed by atoms with E-state index in [0.717, 1.165) is 32.5 Å². The minimum Gasteiger partial charge on any atom is -0.460 e. The van der Waals surface area contributed by atoms with Crippen molar-refractivity contribution >= 4 is 5.97 Å². The van der Waals surface area contributed by atoms with Gasteiger partial charge < -0.3 is 14.6 Å². The predicted octanol–water partition coefficient (Wildman–Crippen LogP) is 4.03. The average Bonchev–Trinajstić information content (AvgIpc) is 2.60. The number of aliphatic hydroxyl groups excluding tert-OH is 1. The molecule has 1 unspecified atom stereocenters. The largest absolute Gasteiger partial charge is 0.460 e. The van der Waals surface area contributed by atoms with Gasteiger partial charge in [0.15, 0.2) is 0 Å². The van der Waals surface area contributed by atoms with Crippen LogP contribution in [-0.2, 0) is 14.3 Å². The first kappa shape index (κ1) is 28.1. The highest BCUT2D eigenvalue weighted by atomic mass is 16.6. The van der Waals surface area contributed by atoms with Gasteiger partial charge in [0.1, 0.15) is 12.2 Å². The minimum atomic E-state index is -0.328. The van der Waals surface area contributed by atoms with Gasteiger partial charge >= 0.3 is 5.97 Å². The molecule has 160 valence electrons. The van der Waals surface area contributed by atoms with Crippen molar-refractivity contribution in [1.82, 2.24) is 4.90 Å². The second-order valence-corrected chi connectivity index (χ2v) is 7.29. The molecule has 27 heavy (non-hydrogen) atoms. The van der Waals surface area contributed by atoms with Crippen LogP contribution in [0.3, 0.4) is 0 Å². The summed E-state index contributed by atoms with van der Waals surface area (Å²) >= 11 is 0. The molecule has 0 aromatic heterocycles. The maximum absolute atomic E-state index is 10.2. The van der Waals surface area contributed by atoms with Crippen LogP contribution in [0, 0.1) is 11.8 Å². The summed E-state index contributed by atoms with van der Waals surface area (Å²) in [7, 11) is 0. The molecule has 0 spiro atoms. The van der Waals surface area contributed by atoms with Gasteiger partial charge in [0.25, 0.3) is 0 Å². The number of likely N-dealkylation sites (tertiary alicyclic amines) is 1. The van der Waals surface area contributed by atoms with Crippen LogP contribution in [0.4, 0.5) is 0 Å². The first-order valence-corrected chi connectivity index (χ1v) is 10.4. The topological polar surface area (TPSA) is 59.0 Å². The van der Waals surface area contributed by atoms with E-state index in [9.17, 15) is 4.79 Å². The number of aliphatic hydroxyl groups is 1. The fraction of sp³-hybridized carbons (Fsp3) is 0.864. The van der Waals surface area contributed by atoms with Gasteiger partial charge in [0.2, 0.25) is 0 Å². The van der Waals surface area contributed by atoms with Crippen LogP contribution in [0.1, 0.15) is 81.1 Å². The fourth-order valence-electron chi connectivity index (χ4n) is 2.68. The Kier molecular flexibility index (Phi) is 17.7. The monoisotopic (exact) mass is 385 g/mol. The highest BCUT2D eigenvalue weighted by Crippen LogP contribution is 2.16. The zero-order chi connectivity index (χ0) is 21.3. The number of carbonyl (C=O) groups is 1. The summed E-state index contributed by atoms with van der Waals surface area (Å²) in [5.41, 5.74) is -0.328. The third-order valence-electron chi connectivity index (χ3n) is 3.71. The molecule has 5 nitrogen and oxygen atoms in total. The van der Waals surface area contributed by atoms with Crippen molar-refractivity contribution in [3.05, 3.63) is 0 Å². The SMILES string of the molecule is CC.CC(=O)OC(C)(C)C.CCC(CC)OC1CCCN(CC#CCO)C1. The molecule has 0 saturated carbocycles. The summed E-state index contributed by atoms with van der Waals surface area (Å²) in [6.07, 6.45) is 5.31. The maximum atomic E-state index is 10.2. The molecular formula is C22H43NO4. The molecular weight excluding hydrogens is 342 g/mol. The van der Waals surface area contributed by atoms with Crippen molar-refractivity contribution in [2.24, 2.45) is 0 Å². The Balaban J connectivity index is 0. The van der Waals surface area contributed by atoms with Gasteiger partial charge in [0, 0.05) is 13.5 Å². The normalized spacial score (nSPS) is 16.9. The zero-order valence-corrected chi connectivity index (χ0v) is 18.9. The van der Waals surface area contributed by atoms with Crippen molar-refractivity contribution in [3.8, 4) is 11.8 Å². The summed E-state index contributed by atoms with van der Waals surface area (Å²) in [6, 6.07) is 0. The van der Waals surface area contributed by atoms with Crippen molar-refractivity contribution in [2.45, 2.75) is 98.9 Å². The summed E-state index contributed by atoms with van der Waals surface area (Å²) in [4.78, 5) is 12.6. The van der Waals surface area contributed by atoms with E-state index in [1.807, 2.05) is 34.6 Å². The Morgan fingerprint density at radius 2 is 1.81 bits per heavy atom. The minimum absolute atomic E-state index is 0.0402. The lowest BCUT2D eigenvalue weighted by atomic mass is 10.1. The molecule has 0 radical (unpaired) electrons. The van der Waals surface area contributed by atoms with Crippen LogP contribution in [-0.4, -0.2) is 60.0 Å². The Hall–Kier alpha value is -1.09. The fourth-order valence-corrected chi connectivity index (χ4v) is 2.68. The Morgan fingerprint density at radius 1 is 1.22 bits per heavy atom. The quantitative estimate of drug-likeness (QED) is 0.572. The molecule has 1 N–H and O–H groups in total. The van der Waals surface area contributed by atoms with Gasteiger partial charge in [-0.05, 0) is 53.0 Å². The van der Waals surface area contributed by atoms with Crippen molar-refractivity contribution in [1.29, 1.82) is 0 Å². The third kappa shape index (κ3) is 18.1. The highest BCUT2D eigenvalue weighted by Gasteiger charge is 2.21. The van der Waals surface area contributed by atoms with Crippen LogP contribution in [0.25, 0.3) is 0 Å². The van der Waals surface area contributed by atoms with Gasteiger partial charge in [-0.1, -0.05) is 39.5 Å². The van der Waals surface area contributed by atoms with Crippen LogP contribution >= 0.6 is 0 Å². The molecule has 1 aliphatic heterocycles. The summed E-state index contributed by atoms with van der Waals surface area (Å²) < 4.78 is 10.9. The number of ether oxygens (including phenoxy) is 2. The summed E-state index contributed by atoms with van der Waals surface area (Å²) in [5.74, 6) is 5.45. The van der Waals surface area contributed by atoms with Gasteiger partial charge in [0.05, 0.1) is 18.8 Å². The smallest absolute Gasteiger partial charge is 0.303 e. The maximum Gasteiger partial charge on any atom is 0.303 e. The molecule has 0 amide bonds. The van der Waals surface area contributed by atoms with E-state index < -0.39 is 0 Å². The second kappa shape index (κ2) is 17.0. The zero-order valence-electron chi connectivity index (χ0n) is 18.9. The number of piperidine rings is 1. The number of rotatable bonds is 5. The predicted molar refractivity (Wildman–Crippen MR) is 113 cm³/mol. The van der Waals surface area contributed by atoms with Crippen LogP contribution in [0.15, 0.2) is 0 Å². The Bertz CT molecular complexity index is 416. The first-order valence-electron chi connectivity index (χ1n) is 10.4. The molecule has 1 aliphatic rings. The molecule has 0 aliphatic carbocycles. The molecule has 1 atom stereocenters. The number of hydrogen-bond donors (Lipinski definition) is 1. The van der Waals surface area contributed by atoms with E-state index >= 15 is 0 Å². The van der Waals surface area contributed by atoms with E-state index in [2.05, 4.69) is 30.6 Å². The summed E-state index contributed by atoms with van der Waals surface area (Å²) in [5, 5.41) is 8.61. The molecule has 0 aromatic rings. The molecule has 5 heteroatoms. The summed E-state index contributed by atoms with van der Waals surface area (Å²) in [6.45, 7) is 18.1. The molecule has 0 aromatic carbocycles. The number of hydrogen-bond acceptors (Lipinski definition) is 5. The van der Waals surface area contributed by atoms with Crippen molar-refractivity contribution in [3.63, 3.8) is 0 Å². The van der Waals surface area contributed by atoms with Gasteiger partial charge in [-0.2, -0.15) is 0 Å². The van der Waals surface area contributed by atoms with E-state index in [-0.39, 0.29) is 18.2 Å². The van der Waals surface area contributed by atoms with Gasteiger partial charge in [-0.25, -0.2) is 0 Å². The number of carbonyl (C=O) groups excluding carboxylic acids is 1. The molecule has 0 bridgehead atoms. The first-order chi connectivity index (χ1) is 12.7. The van der Waals surface area contributed by atoms with Crippen molar-refractivity contribution < 1.29 is 19.4 Å². The molecule has 1 fully saturated rings. The van der Waals surface area contributed by atoms with Crippen LogP contribution < -0.4 is 0 Å². The number of nitrogens with zero attached hydrogens (tertiary/aromatic N) is 1. The lowest BCUT2D eigenvalue weighted by Gasteiger charge is -2.33. The van der Waals surface area contributed by atoms with E-state index in [1.54, 1.807) is 0 Å². The van der Waals surface area contributed by atoms with Crippen LogP contribution in [0.5, 0.6) is 0 Å². The third-order valence-corrected chi connectivity index (χ3v) is 3.71. The Morgan fingerprint density at radius 3 is 2.22 bits per heavy atom. The average molecular weight is 386 g/mol. The number of esters is 1. The standard InChI is InChI=1S/C14H25NO2.C6H12O2.C2H6/c1-3-13(4-2)17-14-8-7-10-15(12-14)9-5-6-11-16;1-5(7)8-6(2,3)4;1-2/h13-14,16H,3-4,7-12H2,1-2H3;1-4H3;1-2H3. The second-order valence-electron chi connectivity index (χ2n) is 7.29. The molecule has 1 saturated heterocycles. The van der Waals surface area contributed by atoms with Gasteiger partial charge in [-0.3, -0.25) is 9.69 Å². The lowest BCUT2D eigenvalue weighted by molar-refractivity contribution is -0.151. The molecule has 1 heterocycles. The Labute approximate surface area is 167 Å². The molecule has 1 rings (SSSR count). The van der Waals surface area contributed by atoms with E-state index in [0.29, 0.717) is 12.2 Å². The van der Waals surface area contributed by atoms with Gasteiger partial charge in [-0.15, -0.1) is 0 Å². The van der Waals surface area contributed by atoms with E-state index in [1.165, 1.54) is 19.8 Å². The highest BCUT2D eigenvalue weighted by molar-refractivity contribution is 5.66. The van der Waals surface area contributed by atoms with E-state index in [4.69, 9.17) is 14.6 Å². The van der Waals surface area contributed by atoms with Crippen molar-refractivity contribution in [2.75, 3.05) is 26.2 Å². The van der Waals surface area contributed by atoms with Crippen LogP contribution in [0.2, 0.25) is 0 Å². The lowest BCUT2D eigenvalue weighted by Crippen LogP contribution is -2.41.